The normalized spacial score (nSPS) is 17.3. The van der Waals surface area contributed by atoms with E-state index in [1.807, 2.05) is 23.2 Å². The van der Waals surface area contributed by atoms with Gasteiger partial charge in [0.15, 0.2) is 5.88 Å². The summed E-state index contributed by atoms with van der Waals surface area (Å²) in [6.07, 6.45) is 5.76. The van der Waals surface area contributed by atoms with Gasteiger partial charge in [-0.05, 0) is 6.07 Å². The molecule has 3 nitrogen and oxygen atoms in total. The predicted molar refractivity (Wildman–Crippen MR) is 43.2 cm³/mol. The van der Waals surface area contributed by atoms with Gasteiger partial charge in [0, 0.05) is 18.8 Å². The van der Waals surface area contributed by atoms with Crippen LogP contribution in [0.5, 0.6) is 0 Å². The van der Waals surface area contributed by atoms with Gasteiger partial charge in [0.1, 0.15) is 0 Å². The SMILES string of the molecule is C1=CN(c2ccco2)CNC1. The molecule has 0 fully saturated rings. The summed E-state index contributed by atoms with van der Waals surface area (Å²) in [6.45, 7) is 1.77. The number of furan rings is 1. The van der Waals surface area contributed by atoms with Gasteiger partial charge >= 0.3 is 0 Å². The lowest BCUT2D eigenvalue weighted by molar-refractivity contribution is 0.548. The van der Waals surface area contributed by atoms with Crippen LogP contribution in [0.15, 0.2) is 35.1 Å². The highest BCUT2D eigenvalue weighted by Crippen LogP contribution is 2.14. The van der Waals surface area contributed by atoms with E-state index < -0.39 is 0 Å². The van der Waals surface area contributed by atoms with Gasteiger partial charge in [0.05, 0.1) is 12.9 Å². The van der Waals surface area contributed by atoms with E-state index in [4.69, 9.17) is 4.42 Å². The van der Waals surface area contributed by atoms with Crippen LogP contribution < -0.4 is 10.2 Å². The molecular weight excluding hydrogens is 140 g/mol. The largest absolute Gasteiger partial charge is 0.448 e. The molecule has 1 N–H and O–H groups in total. The number of hydrogen-bond donors (Lipinski definition) is 1. The summed E-state index contributed by atoms with van der Waals surface area (Å²) < 4.78 is 5.21. The summed E-state index contributed by atoms with van der Waals surface area (Å²) in [5, 5.41) is 3.20. The van der Waals surface area contributed by atoms with E-state index in [1.54, 1.807) is 6.26 Å². The van der Waals surface area contributed by atoms with Crippen LogP contribution in [0.3, 0.4) is 0 Å². The number of rotatable bonds is 1. The minimum atomic E-state index is 0.823. The third-order valence-corrected chi connectivity index (χ3v) is 1.62. The van der Waals surface area contributed by atoms with Gasteiger partial charge in [-0.15, -0.1) is 0 Å². The Bertz CT molecular complexity index is 241. The highest BCUT2D eigenvalue weighted by atomic mass is 16.3. The smallest absolute Gasteiger partial charge is 0.200 e. The Morgan fingerprint density at radius 1 is 1.55 bits per heavy atom. The van der Waals surface area contributed by atoms with Gasteiger partial charge in [-0.1, -0.05) is 6.08 Å². The molecule has 0 unspecified atom stereocenters. The number of anilines is 1. The van der Waals surface area contributed by atoms with Crippen molar-refractivity contribution in [1.29, 1.82) is 0 Å². The molecule has 0 spiro atoms. The van der Waals surface area contributed by atoms with Crippen molar-refractivity contribution >= 4 is 5.88 Å². The van der Waals surface area contributed by atoms with Crippen LogP contribution in [0.1, 0.15) is 0 Å². The van der Waals surface area contributed by atoms with Gasteiger partial charge in [-0.2, -0.15) is 0 Å². The van der Waals surface area contributed by atoms with Crippen molar-refractivity contribution in [3.8, 4) is 0 Å². The van der Waals surface area contributed by atoms with Crippen molar-refractivity contribution in [2.24, 2.45) is 0 Å². The summed E-state index contributed by atoms with van der Waals surface area (Å²) in [4.78, 5) is 2.02. The first-order valence-electron chi connectivity index (χ1n) is 3.64. The second-order valence-electron chi connectivity index (χ2n) is 2.42. The summed E-state index contributed by atoms with van der Waals surface area (Å²) >= 11 is 0. The Hall–Kier alpha value is -1.22. The second kappa shape index (κ2) is 2.80. The lowest BCUT2D eigenvalue weighted by atomic mass is 10.4. The average Bonchev–Trinajstić information content (AvgIpc) is 2.58. The molecule has 58 valence electrons. The molecule has 1 aliphatic heterocycles. The molecular formula is C8H10N2O. The number of nitrogens with zero attached hydrogens (tertiary/aromatic N) is 1. The number of hydrogen-bond acceptors (Lipinski definition) is 3. The van der Waals surface area contributed by atoms with Crippen LogP contribution in [-0.2, 0) is 0 Å². The van der Waals surface area contributed by atoms with E-state index in [-0.39, 0.29) is 0 Å². The number of nitrogens with one attached hydrogen (secondary N) is 1. The van der Waals surface area contributed by atoms with Crippen LogP contribution in [0.25, 0.3) is 0 Å². The monoisotopic (exact) mass is 150 g/mol. The second-order valence-corrected chi connectivity index (χ2v) is 2.42. The molecule has 1 aromatic rings. The predicted octanol–water partition coefficient (Wildman–Crippen LogP) is 1.16. The first-order chi connectivity index (χ1) is 5.47. The summed E-state index contributed by atoms with van der Waals surface area (Å²) in [6, 6.07) is 3.83. The summed E-state index contributed by atoms with van der Waals surface area (Å²) in [5.74, 6) is 0.883. The van der Waals surface area contributed by atoms with Crippen molar-refractivity contribution in [1.82, 2.24) is 5.32 Å². The average molecular weight is 150 g/mol. The van der Waals surface area contributed by atoms with E-state index in [0.717, 1.165) is 19.1 Å². The van der Waals surface area contributed by atoms with E-state index in [9.17, 15) is 0 Å². The molecule has 0 saturated heterocycles. The van der Waals surface area contributed by atoms with E-state index in [1.165, 1.54) is 0 Å². The molecule has 0 saturated carbocycles. The maximum atomic E-state index is 5.21. The van der Waals surface area contributed by atoms with Gasteiger partial charge in [0.2, 0.25) is 0 Å². The van der Waals surface area contributed by atoms with E-state index >= 15 is 0 Å². The van der Waals surface area contributed by atoms with Crippen LogP contribution in [0, 0.1) is 0 Å². The molecule has 2 heterocycles. The maximum Gasteiger partial charge on any atom is 0.200 e. The Balaban J connectivity index is 2.16. The summed E-state index contributed by atoms with van der Waals surface area (Å²) in [7, 11) is 0. The minimum absolute atomic E-state index is 0.823. The van der Waals surface area contributed by atoms with E-state index in [0.29, 0.717) is 0 Å². The van der Waals surface area contributed by atoms with Crippen molar-refractivity contribution in [3.63, 3.8) is 0 Å². The molecule has 2 rings (SSSR count). The van der Waals surface area contributed by atoms with Crippen LogP contribution in [-0.4, -0.2) is 13.2 Å². The molecule has 0 aromatic carbocycles. The zero-order valence-corrected chi connectivity index (χ0v) is 6.16. The lowest BCUT2D eigenvalue weighted by Gasteiger charge is -2.20. The van der Waals surface area contributed by atoms with Crippen molar-refractivity contribution in [2.45, 2.75) is 0 Å². The molecule has 0 aliphatic carbocycles. The molecule has 1 aromatic heterocycles. The summed E-state index contributed by atoms with van der Waals surface area (Å²) in [5.41, 5.74) is 0. The van der Waals surface area contributed by atoms with Crippen LogP contribution in [0.2, 0.25) is 0 Å². The molecule has 0 amide bonds. The van der Waals surface area contributed by atoms with Crippen molar-refractivity contribution in [3.05, 3.63) is 30.7 Å². The first kappa shape index (κ1) is 6.49. The molecule has 0 atom stereocenters. The maximum absolute atomic E-state index is 5.21. The van der Waals surface area contributed by atoms with Gasteiger partial charge < -0.3 is 9.32 Å². The molecule has 11 heavy (non-hydrogen) atoms. The third-order valence-electron chi connectivity index (χ3n) is 1.62. The highest BCUT2D eigenvalue weighted by molar-refractivity contribution is 5.39. The topological polar surface area (TPSA) is 28.4 Å². The van der Waals surface area contributed by atoms with Gasteiger partial charge in [-0.25, -0.2) is 0 Å². The fourth-order valence-corrected chi connectivity index (χ4v) is 1.09. The molecule has 3 heteroatoms. The van der Waals surface area contributed by atoms with Gasteiger partial charge in [-0.3, -0.25) is 5.32 Å². The fraction of sp³-hybridized carbons (Fsp3) is 0.250. The van der Waals surface area contributed by atoms with Gasteiger partial charge in [0.25, 0.3) is 0 Å². The fourth-order valence-electron chi connectivity index (χ4n) is 1.09. The zero-order chi connectivity index (χ0) is 7.52. The highest BCUT2D eigenvalue weighted by Gasteiger charge is 2.06. The van der Waals surface area contributed by atoms with Crippen molar-refractivity contribution in [2.75, 3.05) is 18.1 Å². The standard InChI is InChI=1S/C8H10N2O/c1-3-8(11-6-1)10-5-2-4-9-7-10/h1-3,5-6,9H,4,7H2. The first-order valence-corrected chi connectivity index (χ1v) is 3.64. The van der Waals surface area contributed by atoms with Crippen molar-refractivity contribution < 1.29 is 4.42 Å². The Morgan fingerprint density at radius 2 is 2.55 bits per heavy atom. The Kier molecular flexibility index (Phi) is 1.65. The van der Waals surface area contributed by atoms with Crippen LogP contribution >= 0.6 is 0 Å². The minimum Gasteiger partial charge on any atom is -0.448 e. The zero-order valence-electron chi connectivity index (χ0n) is 6.16. The Morgan fingerprint density at radius 3 is 3.18 bits per heavy atom. The molecule has 0 bridgehead atoms. The molecule has 0 radical (unpaired) electrons. The quantitative estimate of drug-likeness (QED) is 0.651. The third kappa shape index (κ3) is 1.28. The lowest BCUT2D eigenvalue weighted by Crippen LogP contribution is -2.33. The molecule has 1 aliphatic rings. The van der Waals surface area contributed by atoms with Crippen LogP contribution in [0.4, 0.5) is 5.88 Å². The van der Waals surface area contributed by atoms with E-state index in [2.05, 4.69) is 11.4 Å². The Labute approximate surface area is 65.3 Å².